The standard InChI is InChI=1S/C18H35NO3S2/c1-2-3-4-5-6-7-8-9-10-11-13-21-14-12-15-22-17(20)16-19-18(23)24/h2-16H2,1H3,(H2,19,23,24). The molecule has 0 amide bonds. The molecule has 0 aliphatic carbocycles. The van der Waals surface area contributed by atoms with Gasteiger partial charge in [0.2, 0.25) is 0 Å². The van der Waals surface area contributed by atoms with Crippen LogP contribution in [0.3, 0.4) is 0 Å². The van der Waals surface area contributed by atoms with Gasteiger partial charge < -0.3 is 14.8 Å². The van der Waals surface area contributed by atoms with Crippen LogP contribution in [0.5, 0.6) is 0 Å². The van der Waals surface area contributed by atoms with Gasteiger partial charge in [-0.25, -0.2) is 0 Å². The molecule has 0 saturated heterocycles. The minimum absolute atomic E-state index is 0.0712. The van der Waals surface area contributed by atoms with Crippen molar-refractivity contribution in [2.75, 3.05) is 26.4 Å². The number of esters is 1. The van der Waals surface area contributed by atoms with E-state index in [1.54, 1.807) is 0 Å². The number of nitrogens with one attached hydrogen (secondary N) is 1. The molecule has 0 radical (unpaired) electrons. The van der Waals surface area contributed by atoms with Gasteiger partial charge in [-0.3, -0.25) is 4.79 Å². The summed E-state index contributed by atoms with van der Waals surface area (Å²) in [7, 11) is 0. The fourth-order valence-electron chi connectivity index (χ4n) is 2.34. The number of carbonyl (C=O) groups is 1. The number of thiol groups is 1. The molecule has 6 heteroatoms. The van der Waals surface area contributed by atoms with E-state index in [1.807, 2.05) is 0 Å². The van der Waals surface area contributed by atoms with Crippen molar-refractivity contribution >= 4 is 35.1 Å². The molecule has 0 aromatic heterocycles. The highest BCUT2D eigenvalue weighted by Crippen LogP contribution is 2.10. The molecule has 1 N–H and O–H groups in total. The van der Waals surface area contributed by atoms with Crippen LogP contribution in [-0.2, 0) is 14.3 Å². The van der Waals surface area contributed by atoms with Gasteiger partial charge in [0.15, 0.2) is 0 Å². The molecule has 0 spiro atoms. The summed E-state index contributed by atoms with van der Waals surface area (Å²) in [6.45, 7) is 4.16. The first kappa shape index (κ1) is 23.7. The quantitative estimate of drug-likeness (QED) is 0.167. The van der Waals surface area contributed by atoms with Crippen molar-refractivity contribution in [2.45, 2.75) is 77.6 Å². The van der Waals surface area contributed by atoms with Crippen molar-refractivity contribution in [3.05, 3.63) is 0 Å². The molecular formula is C18H35NO3S2. The van der Waals surface area contributed by atoms with Crippen molar-refractivity contribution in [1.29, 1.82) is 0 Å². The highest BCUT2D eigenvalue weighted by atomic mass is 32.1. The fraction of sp³-hybridized carbons (Fsp3) is 0.889. The van der Waals surface area contributed by atoms with Crippen LogP contribution < -0.4 is 5.32 Å². The van der Waals surface area contributed by atoms with E-state index in [9.17, 15) is 4.79 Å². The molecule has 24 heavy (non-hydrogen) atoms. The third kappa shape index (κ3) is 19.7. The Bertz CT molecular complexity index is 315. The first-order valence-electron chi connectivity index (χ1n) is 9.37. The van der Waals surface area contributed by atoms with E-state index in [-0.39, 0.29) is 12.5 Å². The highest BCUT2D eigenvalue weighted by molar-refractivity contribution is 8.11. The van der Waals surface area contributed by atoms with E-state index in [0.717, 1.165) is 19.4 Å². The number of hydrogen-bond acceptors (Lipinski definition) is 4. The van der Waals surface area contributed by atoms with E-state index in [2.05, 4.69) is 37.1 Å². The number of ether oxygens (including phenoxy) is 2. The average Bonchev–Trinajstić information content (AvgIpc) is 2.56. The van der Waals surface area contributed by atoms with E-state index in [1.165, 1.54) is 57.8 Å². The van der Waals surface area contributed by atoms with Crippen LogP contribution in [-0.4, -0.2) is 36.7 Å². The Labute approximate surface area is 158 Å². The summed E-state index contributed by atoms with van der Waals surface area (Å²) in [5.41, 5.74) is 0. The Morgan fingerprint density at radius 3 is 2.00 bits per heavy atom. The van der Waals surface area contributed by atoms with Gasteiger partial charge in [0.25, 0.3) is 0 Å². The molecule has 0 aromatic rings. The summed E-state index contributed by atoms with van der Waals surface area (Å²) in [6.07, 6.45) is 14.1. The summed E-state index contributed by atoms with van der Waals surface area (Å²) in [4.78, 5) is 11.3. The summed E-state index contributed by atoms with van der Waals surface area (Å²) in [6, 6.07) is 0. The average molecular weight is 378 g/mol. The van der Waals surface area contributed by atoms with Crippen molar-refractivity contribution < 1.29 is 14.3 Å². The lowest BCUT2D eigenvalue weighted by Gasteiger charge is -2.07. The van der Waals surface area contributed by atoms with E-state index < -0.39 is 0 Å². The van der Waals surface area contributed by atoms with E-state index in [0.29, 0.717) is 17.5 Å². The Morgan fingerprint density at radius 2 is 1.42 bits per heavy atom. The molecule has 4 nitrogen and oxygen atoms in total. The zero-order chi connectivity index (χ0) is 17.9. The largest absolute Gasteiger partial charge is 0.464 e. The van der Waals surface area contributed by atoms with Gasteiger partial charge in [0, 0.05) is 19.6 Å². The molecule has 0 rings (SSSR count). The Hall–Kier alpha value is -0.330. The number of unbranched alkanes of at least 4 members (excludes halogenated alkanes) is 9. The minimum atomic E-state index is -0.318. The van der Waals surface area contributed by atoms with Crippen molar-refractivity contribution in [1.82, 2.24) is 5.32 Å². The van der Waals surface area contributed by atoms with Gasteiger partial charge in [-0.2, -0.15) is 0 Å². The van der Waals surface area contributed by atoms with Crippen molar-refractivity contribution in [3.8, 4) is 0 Å². The molecule has 0 fully saturated rings. The second-order valence-corrected chi connectivity index (χ2v) is 7.19. The summed E-state index contributed by atoms with van der Waals surface area (Å²) in [5, 5.41) is 2.64. The lowest BCUT2D eigenvalue weighted by molar-refractivity contribution is -0.142. The molecule has 0 aliphatic rings. The number of thiocarbonyl (C=S) groups is 1. The van der Waals surface area contributed by atoms with E-state index >= 15 is 0 Å². The van der Waals surface area contributed by atoms with Crippen LogP contribution in [0.25, 0.3) is 0 Å². The summed E-state index contributed by atoms with van der Waals surface area (Å²) >= 11 is 8.55. The molecule has 0 aromatic carbocycles. The van der Waals surface area contributed by atoms with Gasteiger partial charge in [0.05, 0.1) is 6.61 Å². The molecule has 0 atom stereocenters. The van der Waals surface area contributed by atoms with Crippen molar-refractivity contribution in [3.63, 3.8) is 0 Å². The predicted molar refractivity (Wildman–Crippen MR) is 108 cm³/mol. The highest BCUT2D eigenvalue weighted by Gasteiger charge is 2.02. The molecule has 0 heterocycles. The number of hydrogen-bond donors (Lipinski definition) is 2. The maximum absolute atomic E-state index is 11.3. The Morgan fingerprint density at radius 1 is 0.875 bits per heavy atom. The third-order valence-electron chi connectivity index (χ3n) is 3.72. The summed E-state index contributed by atoms with van der Waals surface area (Å²) in [5.74, 6) is -0.318. The lowest BCUT2D eigenvalue weighted by Crippen LogP contribution is -2.26. The van der Waals surface area contributed by atoms with Gasteiger partial charge in [-0.05, 0) is 6.42 Å². The van der Waals surface area contributed by atoms with Crippen LogP contribution in [0.1, 0.15) is 77.6 Å². The van der Waals surface area contributed by atoms with Gasteiger partial charge in [0.1, 0.15) is 10.9 Å². The van der Waals surface area contributed by atoms with Crippen LogP contribution in [0.4, 0.5) is 0 Å². The smallest absolute Gasteiger partial charge is 0.325 e. The van der Waals surface area contributed by atoms with Gasteiger partial charge in [-0.15, -0.1) is 12.6 Å². The molecule has 0 bridgehead atoms. The first-order valence-corrected chi connectivity index (χ1v) is 10.2. The second kappa shape index (κ2) is 19.0. The van der Waals surface area contributed by atoms with Crippen molar-refractivity contribution in [2.24, 2.45) is 0 Å². The molecule has 0 unspecified atom stereocenters. The number of rotatable bonds is 17. The topological polar surface area (TPSA) is 47.6 Å². The zero-order valence-electron chi connectivity index (χ0n) is 15.2. The molecular weight excluding hydrogens is 342 g/mol. The van der Waals surface area contributed by atoms with E-state index in [4.69, 9.17) is 9.47 Å². The maximum atomic E-state index is 11.3. The Balaban J connectivity index is 3.10. The fourth-order valence-corrected chi connectivity index (χ4v) is 2.49. The van der Waals surface area contributed by atoms with Gasteiger partial charge in [-0.1, -0.05) is 76.9 Å². The third-order valence-corrected chi connectivity index (χ3v) is 4.02. The number of carbonyl (C=O) groups excluding carboxylic acids is 1. The van der Waals surface area contributed by atoms with Crippen LogP contribution >= 0.6 is 24.8 Å². The van der Waals surface area contributed by atoms with Crippen LogP contribution in [0.2, 0.25) is 0 Å². The Kier molecular flexibility index (Phi) is 18.7. The lowest BCUT2D eigenvalue weighted by atomic mass is 10.1. The monoisotopic (exact) mass is 377 g/mol. The normalized spacial score (nSPS) is 10.6. The van der Waals surface area contributed by atoms with Gasteiger partial charge >= 0.3 is 5.97 Å². The predicted octanol–water partition coefficient (Wildman–Crippen LogP) is 4.66. The SMILES string of the molecule is CCCCCCCCCCCCOCCCOC(=O)CNC(=S)S. The van der Waals surface area contributed by atoms with Crippen LogP contribution in [0, 0.1) is 0 Å². The second-order valence-electron chi connectivity index (χ2n) is 6.03. The zero-order valence-corrected chi connectivity index (χ0v) is 16.9. The molecule has 0 saturated carbocycles. The first-order chi connectivity index (χ1) is 11.7. The maximum Gasteiger partial charge on any atom is 0.325 e. The summed E-state index contributed by atoms with van der Waals surface area (Å²) < 4.78 is 10.9. The molecule has 142 valence electrons. The minimum Gasteiger partial charge on any atom is -0.464 e. The molecule has 0 aliphatic heterocycles. The van der Waals surface area contributed by atoms with Crippen LogP contribution in [0.15, 0.2) is 0 Å².